The fraction of sp³-hybridized carbons (Fsp3) is 0.890. The summed E-state index contributed by atoms with van der Waals surface area (Å²) in [5.74, 6) is -4.14. The molecule has 0 aromatic carbocycles. The van der Waals surface area contributed by atoms with E-state index in [0.717, 1.165) is 70.6 Å². The van der Waals surface area contributed by atoms with Crippen LogP contribution in [-0.2, 0) is 71.5 Å². The lowest BCUT2D eigenvalue weighted by atomic mass is 9.79. The molecule has 15 atom stereocenters. The molecular formula is C73H133N7O24. The van der Waals surface area contributed by atoms with Crippen LogP contribution in [0.5, 0.6) is 0 Å². The Labute approximate surface area is 615 Å². The van der Waals surface area contributed by atoms with E-state index in [4.69, 9.17) is 33.2 Å². The van der Waals surface area contributed by atoms with E-state index in [0.29, 0.717) is 91.0 Å². The molecule has 6 unspecified atom stereocenters. The van der Waals surface area contributed by atoms with Gasteiger partial charge in [0.05, 0.1) is 100 Å². The van der Waals surface area contributed by atoms with E-state index in [1.165, 1.54) is 20.8 Å². The van der Waals surface area contributed by atoms with Crippen LogP contribution >= 0.6 is 0 Å². The van der Waals surface area contributed by atoms with E-state index >= 15 is 0 Å². The van der Waals surface area contributed by atoms with Crippen LogP contribution in [0.4, 0.5) is 0 Å². The van der Waals surface area contributed by atoms with Crippen molar-refractivity contribution in [3.63, 3.8) is 0 Å². The fourth-order valence-electron chi connectivity index (χ4n) is 13.3. The monoisotopic (exact) mass is 1490 g/mol. The van der Waals surface area contributed by atoms with Gasteiger partial charge in [-0.15, -0.1) is 0 Å². The van der Waals surface area contributed by atoms with Crippen LogP contribution in [0, 0.1) is 17.8 Å². The van der Waals surface area contributed by atoms with Gasteiger partial charge >= 0.3 is 0 Å². The molecule has 3 rings (SSSR count). The van der Waals surface area contributed by atoms with E-state index in [9.17, 15) is 84.3 Å². The Bertz CT molecular complexity index is 2200. The molecule has 0 aromatic rings. The van der Waals surface area contributed by atoms with Crippen LogP contribution in [-0.4, -0.2) is 283 Å². The summed E-state index contributed by atoms with van der Waals surface area (Å²) in [5, 5.41) is 112. The minimum Gasteiger partial charge on any atom is -0.396 e. The van der Waals surface area contributed by atoms with Gasteiger partial charge in [0.25, 0.3) is 0 Å². The van der Waals surface area contributed by atoms with Crippen molar-refractivity contribution in [2.24, 2.45) is 17.8 Å². The maximum absolute atomic E-state index is 13.9. The van der Waals surface area contributed by atoms with Crippen LogP contribution in [0.2, 0.25) is 0 Å². The van der Waals surface area contributed by atoms with E-state index in [2.05, 4.69) is 37.2 Å². The van der Waals surface area contributed by atoms with E-state index in [1.54, 1.807) is 0 Å². The molecule has 0 radical (unpaired) electrons. The minimum atomic E-state index is -1.39. The highest BCUT2D eigenvalue weighted by atomic mass is 16.5. The molecule has 16 N–H and O–H groups in total. The highest BCUT2D eigenvalue weighted by molar-refractivity contribution is 5.80. The molecule has 31 nitrogen and oxygen atoms in total. The topological polar surface area (TPSA) is 467 Å². The molecule has 3 aliphatic rings. The second-order valence-electron chi connectivity index (χ2n) is 28.7. The highest BCUT2D eigenvalue weighted by Gasteiger charge is 2.47. The van der Waals surface area contributed by atoms with Crippen LogP contribution in [0.25, 0.3) is 0 Å². The number of nitrogens with one attached hydrogen (secondary N) is 7. The van der Waals surface area contributed by atoms with Gasteiger partial charge in [-0.2, -0.15) is 0 Å². The second-order valence-corrected chi connectivity index (χ2v) is 28.7. The molecule has 3 fully saturated rings. The first-order valence-corrected chi connectivity index (χ1v) is 38.4. The Morgan fingerprint density at radius 2 is 0.683 bits per heavy atom. The predicted molar refractivity (Wildman–Crippen MR) is 383 cm³/mol. The number of rotatable bonds is 59. The minimum absolute atomic E-state index is 0.00634. The van der Waals surface area contributed by atoms with Crippen LogP contribution in [0.1, 0.15) is 208 Å². The third-order valence-corrected chi connectivity index (χ3v) is 19.3. The smallest absolute Gasteiger partial charge is 0.222 e. The molecule has 0 aliphatic heterocycles. The van der Waals surface area contributed by atoms with Gasteiger partial charge in [0.15, 0.2) is 0 Å². The number of hydrogen-bond acceptors (Lipinski definition) is 24. The molecule has 3 aliphatic carbocycles. The zero-order valence-corrected chi connectivity index (χ0v) is 62.8. The number of aliphatic hydroxyl groups is 9. The molecule has 104 heavy (non-hydrogen) atoms. The van der Waals surface area contributed by atoms with Crippen LogP contribution < -0.4 is 37.2 Å². The highest BCUT2D eigenvalue weighted by Crippen LogP contribution is 2.31. The van der Waals surface area contributed by atoms with Crippen molar-refractivity contribution in [1.82, 2.24) is 37.2 Å². The predicted octanol–water partition coefficient (Wildman–Crippen LogP) is 0.468. The summed E-state index contributed by atoms with van der Waals surface area (Å²) in [4.78, 5) is 102. The van der Waals surface area contributed by atoms with Crippen molar-refractivity contribution in [2.75, 3.05) is 106 Å². The summed E-state index contributed by atoms with van der Waals surface area (Å²) >= 11 is 0. The normalized spacial score (nSPS) is 25.4. The SMILES string of the molecule is CC(=O)NC1[C@@H](O)[C@@H](O)C(CO)C[C@H]1OCCCCCCCC(=O)CCOCC(COCCC(=O)NCCCCCCO[C@@H]1CC(CO)[C@H](O)[C@H](O)C1NC(C)=O)(COCCC(=O)NCCCCCCO[C@@H]1CC(CO)[C@H](O)[C@H](O)C1NC(C)=O)NC(=O)CCCC(=O)NCCCCCCOC(C)C. The Morgan fingerprint density at radius 1 is 0.365 bits per heavy atom. The lowest BCUT2D eigenvalue weighted by Crippen LogP contribution is -2.61. The Balaban J connectivity index is 1.60. The molecule has 7 amide bonds. The standard InChI is InChI=1S/C73H133N7O24/c1-49(2)101-33-19-12-8-16-30-74-60(88)25-23-26-63(91)80-73(46-98-37-27-56(87)24-15-7-6-11-20-34-102-57-40-53(43-81)67(92)70(95)64(57)77-50(3)84,47-99-38-28-61(89)75-31-17-9-13-21-35-103-58-41-54(44-82)68(93)71(96)65(58)78-51(4)85)48-100-39-29-62(90)76-32-18-10-14-22-36-104-59-42-55(45-83)69(94)72(97)66(59)79-52(5)86/h49,53-55,57-59,64-72,81-83,92-97H,6-48H2,1-5H3,(H,74,88)(H,75,89)(H,76,90)(H,77,84)(H,78,85)(H,79,86)(H,80,91)/t53?,54?,55?,57-,58-,59-,64?,65?,66?,67+,68+,69+,70-,71-,72-,73?/m1/s1. The molecule has 31 heteroatoms. The first-order valence-electron chi connectivity index (χ1n) is 38.4. The lowest BCUT2D eigenvalue weighted by Gasteiger charge is -2.42. The quantitative estimate of drug-likeness (QED) is 0.0368. The molecule has 604 valence electrons. The third kappa shape index (κ3) is 38.9. The van der Waals surface area contributed by atoms with Gasteiger partial charge in [0.2, 0.25) is 41.4 Å². The van der Waals surface area contributed by atoms with E-state index in [-0.39, 0.29) is 165 Å². The van der Waals surface area contributed by atoms with Crippen LogP contribution in [0.15, 0.2) is 0 Å². The summed E-state index contributed by atoms with van der Waals surface area (Å²) in [6.45, 7) is 9.13. The molecule has 0 bridgehead atoms. The first-order chi connectivity index (χ1) is 49.8. The number of amides is 7. The largest absolute Gasteiger partial charge is 0.396 e. The average Bonchev–Trinajstić information content (AvgIpc) is 0.820. The molecule has 0 aromatic heterocycles. The number of Topliss-reactive ketones (excluding diaryl/α,β-unsaturated/α-hetero) is 1. The zero-order valence-electron chi connectivity index (χ0n) is 62.8. The molecular weight excluding hydrogens is 1360 g/mol. The maximum Gasteiger partial charge on any atom is 0.222 e. The van der Waals surface area contributed by atoms with Gasteiger partial charge in [-0.3, -0.25) is 38.4 Å². The molecule has 0 spiro atoms. The Morgan fingerprint density at radius 3 is 1.04 bits per heavy atom. The summed E-state index contributed by atoms with van der Waals surface area (Å²) in [6, 6.07) is -2.47. The molecule has 0 saturated heterocycles. The van der Waals surface area contributed by atoms with Gasteiger partial charge in [-0.05, 0) is 90.9 Å². The number of hydrogen-bond donors (Lipinski definition) is 16. The van der Waals surface area contributed by atoms with Gasteiger partial charge in [-0.25, -0.2) is 0 Å². The van der Waals surface area contributed by atoms with Crippen molar-refractivity contribution in [3.8, 4) is 0 Å². The van der Waals surface area contributed by atoms with Gasteiger partial charge in [-0.1, -0.05) is 57.8 Å². The van der Waals surface area contributed by atoms with E-state index < -0.39 is 102 Å². The summed E-state index contributed by atoms with van der Waals surface area (Å²) in [5.41, 5.74) is -1.39. The van der Waals surface area contributed by atoms with Crippen molar-refractivity contribution in [2.45, 2.75) is 293 Å². The van der Waals surface area contributed by atoms with E-state index in [1.807, 2.05) is 13.8 Å². The number of unbranched alkanes of at least 4 members (excludes halogenated alkanes) is 13. The van der Waals surface area contributed by atoms with Gasteiger partial charge < -0.3 is 116 Å². The van der Waals surface area contributed by atoms with Crippen molar-refractivity contribution in [3.05, 3.63) is 0 Å². The molecule has 3 saturated carbocycles. The van der Waals surface area contributed by atoms with Crippen molar-refractivity contribution < 1.29 is 117 Å². The summed E-state index contributed by atoms with van der Waals surface area (Å²) in [6.07, 6.45) is 5.24. The van der Waals surface area contributed by atoms with Gasteiger partial charge in [0, 0.05) is 143 Å². The average molecular weight is 1490 g/mol. The van der Waals surface area contributed by atoms with Crippen molar-refractivity contribution >= 4 is 47.1 Å². The lowest BCUT2D eigenvalue weighted by molar-refractivity contribution is -0.142. The summed E-state index contributed by atoms with van der Waals surface area (Å²) in [7, 11) is 0. The number of aliphatic hydroxyl groups excluding tert-OH is 9. The molecule has 0 heterocycles. The van der Waals surface area contributed by atoms with Crippen molar-refractivity contribution in [1.29, 1.82) is 0 Å². The van der Waals surface area contributed by atoms with Gasteiger partial charge in [0.1, 0.15) is 29.6 Å². The number of carbonyl (C=O) groups is 8. The maximum atomic E-state index is 13.9. The van der Waals surface area contributed by atoms with Crippen LogP contribution in [0.3, 0.4) is 0 Å². The second kappa shape index (κ2) is 54.8. The first kappa shape index (κ1) is 93.5. The number of carbonyl (C=O) groups excluding carboxylic acids is 8. The number of ether oxygens (including phenoxy) is 7. The Hall–Kier alpha value is -4.68. The summed E-state index contributed by atoms with van der Waals surface area (Å²) < 4.78 is 42.1. The fourth-order valence-corrected chi connectivity index (χ4v) is 13.3. The Kier molecular flexibility index (Phi) is 49.3. The zero-order chi connectivity index (χ0) is 76.7. The number of ketones is 1. The third-order valence-electron chi connectivity index (χ3n) is 19.3.